The maximum atomic E-state index is 13.5. The number of halogens is 3. The normalized spacial score (nSPS) is 27.6. The van der Waals surface area contributed by atoms with Gasteiger partial charge in [-0.15, -0.1) is 0 Å². The number of ether oxygens (including phenoxy) is 3. The van der Waals surface area contributed by atoms with Gasteiger partial charge in [0.15, 0.2) is 17.9 Å². The van der Waals surface area contributed by atoms with Crippen molar-refractivity contribution < 1.29 is 67.0 Å². The number of hydrogen-bond donors (Lipinski definition) is 6. The summed E-state index contributed by atoms with van der Waals surface area (Å²) in [6.45, 7) is 0.653. The van der Waals surface area contributed by atoms with Gasteiger partial charge in [0.05, 0.1) is 29.4 Å². The highest BCUT2D eigenvalue weighted by Gasteiger charge is 2.49. The first kappa shape index (κ1) is 32.2. The molecule has 2 aromatic rings. The molecule has 0 radical (unpaired) electrons. The summed E-state index contributed by atoms with van der Waals surface area (Å²) in [6, 6.07) is 4.27. The maximum Gasteiger partial charge on any atom is 0.471 e. The number of aromatic hydroxyl groups is 2. The summed E-state index contributed by atoms with van der Waals surface area (Å²) >= 11 is 0. The van der Waals surface area contributed by atoms with Gasteiger partial charge in [0.2, 0.25) is 0 Å². The number of rotatable bonds is 5. The van der Waals surface area contributed by atoms with Gasteiger partial charge in [0.1, 0.15) is 29.8 Å². The van der Waals surface area contributed by atoms with Crippen molar-refractivity contribution in [1.82, 2.24) is 10.6 Å². The van der Waals surface area contributed by atoms with Crippen LogP contribution in [0, 0.1) is 0 Å². The number of phenolic OH excluding ortho intramolecular Hbond substituents is 2. The number of fused-ring (bicyclic) bond motifs is 3. The van der Waals surface area contributed by atoms with Crippen LogP contribution >= 0.6 is 0 Å². The number of aliphatic hydroxyl groups excluding tert-OH is 1. The number of carbonyl (C=O) groups excluding carboxylic acids is 4. The average Bonchev–Trinajstić information content (AvgIpc) is 2.98. The first-order chi connectivity index (χ1) is 21.1. The monoisotopic (exact) mass is 638 g/mol. The van der Waals surface area contributed by atoms with E-state index in [0.29, 0.717) is 0 Å². The van der Waals surface area contributed by atoms with E-state index in [1.165, 1.54) is 38.2 Å². The van der Waals surface area contributed by atoms with Gasteiger partial charge in [-0.05, 0) is 6.92 Å². The van der Waals surface area contributed by atoms with Crippen LogP contribution in [0.1, 0.15) is 68.8 Å². The zero-order chi connectivity index (χ0) is 33.0. The lowest BCUT2D eigenvalue weighted by Gasteiger charge is -2.43. The molecule has 0 saturated carbocycles. The Bertz CT molecular complexity index is 1580. The van der Waals surface area contributed by atoms with Crippen molar-refractivity contribution in [2.45, 2.75) is 68.6 Å². The molecule has 242 valence electrons. The van der Waals surface area contributed by atoms with E-state index in [2.05, 4.69) is 5.32 Å². The van der Waals surface area contributed by atoms with E-state index in [1.807, 2.05) is 0 Å². The maximum absolute atomic E-state index is 13.5. The Balaban J connectivity index is 1.57. The molecular formula is C29H29F3N2O11. The standard InChI is InChI=1S/C29H29F3N2O11/c1-11-21(35)15(34-26(40)29(30,31)32)7-17(44-11)45-16-9-28(42,10-43-27(41)33-2)8-14-18(16)25(39)20-19(24(14)38)22(36)12-5-3-4-6-13(12)23(20)37/h3-6,11,15-17,21,35,38-39,42H,7-10H2,1-2H3,(H,33,41)(H,34,40)/t11-,15+,16+,17+,21+,28?/m1/s1. The van der Waals surface area contributed by atoms with Crippen LogP contribution in [0.4, 0.5) is 18.0 Å². The Kier molecular flexibility index (Phi) is 8.28. The number of hydrogen-bond acceptors (Lipinski definition) is 11. The van der Waals surface area contributed by atoms with E-state index >= 15 is 0 Å². The Labute approximate surface area is 252 Å². The van der Waals surface area contributed by atoms with Gasteiger partial charge < -0.3 is 45.3 Å². The molecule has 0 aromatic heterocycles. The molecule has 6 atom stereocenters. The number of alkyl carbamates (subject to hydrolysis) is 1. The minimum Gasteiger partial charge on any atom is -0.507 e. The van der Waals surface area contributed by atoms with Gasteiger partial charge in [0.25, 0.3) is 0 Å². The summed E-state index contributed by atoms with van der Waals surface area (Å²) < 4.78 is 55.5. The molecule has 3 aliphatic rings. The van der Waals surface area contributed by atoms with Crippen LogP contribution in [0.5, 0.6) is 11.5 Å². The third kappa shape index (κ3) is 5.81. The van der Waals surface area contributed by atoms with Gasteiger partial charge >= 0.3 is 18.2 Å². The molecule has 1 aliphatic heterocycles. The van der Waals surface area contributed by atoms with Crippen LogP contribution in [0.3, 0.4) is 0 Å². The highest BCUT2D eigenvalue weighted by molar-refractivity contribution is 6.30. The van der Waals surface area contributed by atoms with Gasteiger partial charge in [-0.1, -0.05) is 24.3 Å². The molecule has 45 heavy (non-hydrogen) atoms. The molecule has 2 amide bonds. The fourth-order valence-electron chi connectivity index (χ4n) is 5.97. The van der Waals surface area contributed by atoms with Crippen LogP contribution in [0.15, 0.2) is 24.3 Å². The summed E-state index contributed by atoms with van der Waals surface area (Å²) in [7, 11) is 1.27. The Hall–Kier alpha value is -4.25. The van der Waals surface area contributed by atoms with Crippen LogP contribution in [-0.4, -0.2) is 94.0 Å². The predicted molar refractivity (Wildman–Crippen MR) is 144 cm³/mol. The van der Waals surface area contributed by atoms with Gasteiger partial charge in [-0.3, -0.25) is 14.4 Å². The first-order valence-corrected chi connectivity index (χ1v) is 13.8. The lowest BCUT2D eigenvalue weighted by Crippen LogP contribution is -2.57. The lowest BCUT2D eigenvalue weighted by molar-refractivity contribution is -0.252. The summed E-state index contributed by atoms with van der Waals surface area (Å²) in [4.78, 5) is 50.3. The fraction of sp³-hybridized carbons (Fsp3) is 0.448. The number of aliphatic hydroxyl groups is 2. The molecule has 16 heteroatoms. The molecular weight excluding hydrogens is 609 g/mol. The number of ketones is 2. The number of nitrogens with one attached hydrogen (secondary N) is 2. The van der Waals surface area contributed by atoms with E-state index in [4.69, 9.17) is 14.2 Å². The van der Waals surface area contributed by atoms with Crippen LogP contribution in [0.2, 0.25) is 0 Å². The zero-order valence-electron chi connectivity index (χ0n) is 23.8. The Morgan fingerprint density at radius 1 is 1.09 bits per heavy atom. The summed E-state index contributed by atoms with van der Waals surface area (Å²) in [5.41, 5.74) is -3.50. The van der Waals surface area contributed by atoms with Gasteiger partial charge in [0, 0.05) is 48.6 Å². The molecule has 1 saturated heterocycles. The molecule has 1 fully saturated rings. The highest BCUT2D eigenvalue weighted by Crippen LogP contribution is 2.52. The van der Waals surface area contributed by atoms with Crippen molar-refractivity contribution in [1.29, 1.82) is 0 Å². The molecule has 0 spiro atoms. The molecule has 5 rings (SSSR count). The molecule has 1 heterocycles. The quantitative estimate of drug-likeness (QED) is 0.221. The van der Waals surface area contributed by atoms with E-state index in [0.717, 1.165) is 0 Å². The molecule has 6 N–H and O–H groups in total. The van der Waals surface area contributed by atoms with Crippen molar-refractivity contribution in [2.75, 3.05) is 13.7 Å². The van der Waals surface area contributed by atoms with Crippen LogP contribution in [0.25, 0.3) is 0 Å². The van der Waals surface area contributed by atoms with E-state index < -0.39 is 114 Å². The molecule has 2 aliphatic carbocycles. The van der Waals surface area contributed by atoms with Crippen molar-refractivity contribution in [3.05, 3.63) is 57.6 Å². The van der Waals surface area contributed by atoms with Gasteiger partial charge in [-0.25, -0.2) is 4.79 Å². The Morgan fingerprint density at radius 2 is 1.69 bits per heavy atom. The van der Waals surface area contributed by atoms with Crippen molar-refractivity contribution in [3.63, 3.8) is 0 Å². The van der Waals surface area contributed by atoms with E-state index in [-0.39, 0.29) is 22.3 Å². The average molecular weight is 639 g/mol. The second kappa shape index (κ2) is 11.6. The van der Waals surface area contributed by atoms with E-state index in [9.17, 15) is 52.8 Å². The van der Waals surface area contributed by atoms with Gasteiger partial charge in [-0.2, -0.15) is 13.2 Å². The zero-order valence-corrected chi connectivity index (χ0v) is 23.8. The third-order valence-corrected chi connectivity index (χ3v) is 8.13. The number of carbonyl (C=O) groups is 4. The largest absolute Gasteiger partial charge is 0.507 e. The number of alkyl halides is 3. The minimum absolute atomic E-state index is 0.0263. The number of benzene rings is 2. The Morgan fingerprint density at radius 3 is 2.27 bits per heavy atom. The number of phenols is 2. The first-order valence-electron chi connectivity index (χ1n) is 13.8. The summed E-state index contributed by atoms with van der Waals surface area (Å²) in [5, 5.41) is 48.7. The number of amides is 2. The second-order valence-corrected chi connectivity index (χ2v) is 11.2. The topological polar surface area (TPSA) is 201 Å². The smallest absolute Gasteiger partial charge is 0.471 e. The third-order valence-electron chi connectivity index (χ3n) is 8.13. The predicted octanol–water partition coefficient (Wildman–Crippen LogP) is 1.51. The van der Waals surface area contributed by atoms with Crippen molar-refractivity contribution in [3.8, 4) is 11.5 Å². The SMILES string of the molecule is CNC(=O)OCC1(O)Cc2c(O)c3c(c(O)c2[C@@H](O[C@H]2C[C@H](NC(=O)C(F)(F)F)[C@@H](O)[C@@H](C)O2)C1)C(=O)c1ccccc1C3=O. The lowest BCUT2D eigenvalue weighted by atomic mass is 9.73. The molecule has 2 aromatic carbocycles. The second-order valence-electron chi connectivity index (χ2n) is 11.2. The highest BCUT2D eigenvalue weighted by atomic mass is 19.4. The van der Waals surface area contributed by atoms with Crippen molar-refractivity contribution in [2.24, 2.45) is 0 Å². The van der Waals surface area contributed by atoms with Crippen LogP contribution < -0.4 is 10.6 Å². The molecule has 1 unspecified atom stereocenters. The summed E-state index contributed by atoms with van der Waals surface area (Å²) in [6.07, 6.45) is -13.3. The van der Waals surface area contributed by atoms with E-state index in [1.54, 1.807) is 5.32 Å². The van der Waals surface area contributed by atoms with Crippen LogP contribution in [-0.2, 0) is 25.4 Å². The van der Waals surface area contributed by atoms with Crippen molar-refractivity contribution >= 4 is 23.6 Å². The fourth-order valence-corrected chi connectivity index (χ4v) is 5.97. The molecule has 13 nitrogen and oxygen atoms in total. The molecule has 0 bridgehead atoms. The summed E-state index contributed by atoms with van der Waals surface area (Å²) in [5.74, 6) is -5.33. The minimum atomic E-state index is -5.24.